The van der Waals surface area contributed by atoms with Gasteiger partial charge in [-0.1, -0.05) is 12.1 Å². The lowest BCUT2D eigenvalue weighted by Gasteiger charge is -2.06. The standard InChI is InChI=1S/C17H21N3O2/c1-13-5-3-6-15(11-13)18-10-4-7-17(21)20-19-12-16-9-8-14(2)22-16/h3,5-6,8-9,11-12,18H,4,7,10H2,1-2H3,(H,20,21)/b19-12-. The maximum atomic E-state index is 11.6. The van der Waals surface area contributed by atoms with E-state index in [4.69, 9.17) is 4.42 Å². The molecular formula is C17H21N3O2. The van der Waals surface area contributed by atoms with Gasteiger partial charge in [0.15, 0.2) is 0 Å². The van der Waals surface area contributed by atoms with Crippen LogP contribution in [0.4, 0.5) is 5.69 Å². The van der Waals surface area contributed by atoms with Crippen LogP contribution in [0.2, 0.25) is 0 Å². The van der Waals surface area contributed by atoms with Crippen LogP contribution in [0.1, 0.15) is 29.9 Å². The number of benzene rings is 1. The highest BCUT2D eigenvalue weighted by atomic mass is 16.3. The molecule has 1 amide bonds. The summed E-state index contributed by atoms with van der Waals surface area (Å²) in [6.07, 6.45) is 2.67. The molecule has 0 saturated carbocycles. The van der Waals surface area contributed by atoms with Gasteiger partial charge in [0.2, 0.25) is 5.91 Å². The second-order valence-electron chi connectivity index (χ2n) is 5.14. The third-order valence-corrected chi connectivity index (χ3v) is 3.07. The van der Waals surface area contributed by atoms with Gasteiger partial charge in [0.1, 0.15) is 11.5 Å². The van der Waals surface area contributed by atoms with Gasteiger partial charge in [-0.15, -0.1) is 0 Å². The molecule has 0 atom stereocenters. The summed E-state index contributed by atoms with van der Waals surface area (Å²) in [5.41, 5.74) is 4.78. The Balaban J connectivity index is 1.62. The fourth-order valence-corrected chi connectivity index (χ4v) is 1.98. The van der Waals surface area contributed by atoms with E-state index in [0.29, 0.717) is 12.2 Å². The molecule has 1 aromatic heterocycles. The summed E-state index contributed by atoms with van der Waals surface area (Å²) in [6, 6.07) is 11.8. The highest BCUT2D eigenvalue weighted by Crippen LogP contribution is 2.09. The summed E-state index contributed by atoms with van der Waals surface area (Å²) in [5.74, 6) is 1.33. The number of nitrogens with one attached hydrogen (secondary N) is 2. The molecule has 1 heterocycles. The second-order valence-corrected chi connectivity index (χ2v) is 5.14. The SMILES string of the molecule is Cc1cccc(NCCCC(=O)N/N=C\c2ccc(C)o2)c1. The molecule has 22 heavy (non-hydrogen) atoms. The van der Waals surface area contributed by atoms with Crippen molar-refractivity contribution in [1.82, 2.24) is 5.43 Å². The molecule has 5 heteroatoms. The summed E-state index contributed by atoms with van der Waals surface area (Å²) in [4.78, 5) is 11.6. The van der Waals surface area contributed by atoms with Crippen molar-refractivity contribution in [2.45, 2.75) is 26.7 Å². The fourth-order valence-electron chi connectivity index (χ4n) is 1.98. The van der Waals surface area contributed by atoms with Crippen LogP contribution in [0.3, 0.4) is 0 Å². The average Bonchev–Trinajstić information content (AvgIpc) is 2.89. The van der Waals surface area contributed by atoms with Crippen LogP contribution in [0.25, 0.3) is 0 Å². The van der Waals surface area contributed by atoms with Crippen LogP contribution in [0.15, 0.2) is 45.9 Å². The number of amides is 1. The van der Waals surface area contributed by atoms with Crippen molar-refractivity contribution < 1.29 is 9.21 Å². The van der Waals surface area contributed by atoms with Crippen molar-refractivity contribution in [3.05, 3.63) is 53.5 Å². The Morgan fingerprint density at radius 3 is 2.86 bits per heavy atom. The van der Waals surface area contributed by atoms with Crippen LogP contribution in [-0.2, 0) is 4.79 Å². The monoisotopic (exact) mass is 299 g/mol. The Labute approximate surface area is 130 Å². The van der Waals surface area contributed by atoms with Crippen molar-refractivity contribution in [2.24, 2.45) is 5.10 Å². The minimum atomic E-state index is -0.106. The quantitative estimate of drug-likeness (QED) is 0.468. The molecule has 1 aromatic carbocycles. The number of furan rings is 1. The van der Waals surface area contributed by atoms with E-state index in [1.165, 1.54) is 11.8 Å². The Morgan fingerprint density at radius 2 is 2.14 bits per heavy atom. The molecule has 2 rings (SSSR count). The summed E-state index contributed by atoms with van der Waals surface area (Å²) in [6.45, 7) is 4.66. The molecule has 0 aliphatic carbocycles. The van der Waals surface area contributed by atoms with Crippen molar-refractivity contribution in [3.63, 3.8) is 0 Å². The van der Waals surface area contributed by atoms with Gasteiger partial charge in [0.05, 0.1) is 6.21 Å². The van der Waals surface area contributed by atoms with Crippen LogP contribution >= 0.6 is 0 Å². The van der Waals surface area contributed by atoms with Crippen molar-refractivity contribution >= 4 is 17.8 Å². The van der Waals surface area contributed by atoms with E-state index >= 15 is 0 Å². The van der Waals surface area contributed by atoms with E-state index < -0.39 is 0 Å². The minimum absolute atomic E-state index is 0.106. The van der Waals surface area contributed by atoms with E-state index in [0.717, 1.165) is 24.4 Å². The molecule has 0 spiro atoms. The third-order valence-electron chi connectivity index (χ3n) is 3.07. The van der Waals surface area contributed by atoms with Gasteiger partial charge < -0.3 is 9.73 Å². The van der Waals surface area contributed by atoms with Gasteiger partial charge in [-0.05, 0) is 50.1 Å². The fraction of sp³-hybridized carbons (Fsp3) is 0.294. The van der Waals surface area contributed by atoms with Crippen molar-refractivity contribution in [3.8, 4) is 0 Å². The first-order chi connectivity index (χ1) is 10.6. The number of aryl methyl sites for hydroxylation is 2. The summed E-state index contributed by atoms with van der Waals surface area (Å²) >= 11 is 0. The number of anilines is 1. The van der Waals surface area contributed by atoms with Gasteiger partial charge in [-0.3, -0.25) is 4.79 Å². The zero-order chi connectivity index (χ0) is 15.8. The topological polar surface area (TPSA) is 66.6 Å². The summed E-state index contributed by atoms with van der Waals surface area (Å²) < 4.78 is 5.31. The first kappa shape index (κ1) is 15.8. The molecule has 2 N–H and O–H groups in total. The van der Waals surface area contributed by atoms with Gasteiger partial charge in [0, 0.05) is 18.7 Å². The highest BCUT2D eigenvalue weighted by molar-refractivity contribution is 5.80. The number of rotatable bonds is 7. The lowest BCUT2D eigenvalue weighted by Crippen LogP contribution is -2.18. The zero-order valence-corrected chi connectivity index (χ0v) is 12.9. The van der Waals surface area contributed by atoms with E-state index in [1.807, 2.05) is 25.1 Å². The largest absolute Gasteiger partial charge is 0.460 e. The van der Waals surface area contributed by atoms with Crippen LogP contribution in [0.5, 0.6) is 0 Å². The minimum Gasteiger partial charge on any atom is -0.460 e. The lowest BCUT2D eigenvalue weighted by molar-refractivity contribution is -0.121. The maximum absolute atomic E-state index is 11.6. The Bertz CT molecular complexity index is 647. The summed E-state index contributed by atoms with van der Waals surface area (Å²) in [7, 11) is 0. The Morgan fingerprint density at radius 1 is 1.27 bits per heavy atom. The molecule has 0 aliphatic rings. The maximum Gasteiger partial charge on any atom is 0.240 e. The molecular weight excluding hydrogens is 278 g/mol. The first-order valence-corrected chi connectivity index (χ1v) is 7.32. The molecule has 0 bridgehead atoms. The first-order valence-electron chi connectivity index (χ1n) is 7.32. The van der Waals surface area contributed by atoms with Crippen LogP contribution < -0.4 is 10.7 Å². The number of hydrogen-bond acceptors (Lipinski definition) is 4. The number of hydrogen-bond donors (Lipinski definition) is 2. The Kier molecular flexibility index (Phi) is 5.77. The molecule has 5 nitrogen and oxygen atoms in total. The molecule has 0 aliphatic heterocycles. The van der Waals surface area contributed by atoms with Crippen LogP contribution in [-0.4, -0.2) is 18.7 Å². The predicted octanol–water partition coefficient (Wildman–Crippen LogP) is 3.24. The Hall–Kier alpha value is -2.56. The second kappa shape index (κ2) is 8.02. The van der Waals surface area contributed by atoms with Crippen molar-refractivity contribution in [2.75, 3.05) is 11.9 Å². The highest BCUT2D eigenvalue weighted by Gasteiger charge is 2.00. The van der Waals surface area contributed by atoms with E-state index in [2.05, 4.69) is 34.9 Å². The zero-order valence-electron chi connectivity index (χ0n) is 12.9. The van der Waals surface area contributed by atoms with E-state index in [9.17, 15) is 4.79 Å². The third kappa shape index (κ3) is 5.44. The van der Waals surface area contributed by atoms with Gasteiger partial charge in [0.25, 0.3) is 0 Å². The molecule has 116 valence electrons. The van der Waals surface area contributed by atoms with Gasteiger partial charge in [-0.25, -0.2) is 5.43 Å². The lowest BCUT2D eigenvalue weighted by atomic mass is 10.2. The predicted molar refractivity (Wildman–Crippen MR) is 88.1 cm³/mol. The molecule has 0 unspecified atom stereocenters. The molecule has 0 fully saturated rings. The van der Waals surface area contributed by atoms with E-state index in [1.54, 1.807) is 6.07 Å². The smallest absolute Gasteiger partial charge is 0.240 e. The normalized spacial score (nSPS) is 10.8. The van der Waals surface area contributed by atoms with Gasteiger partial charge >= 0.3 is 0 Å². The van der Waals surface area contributed by atoms with Crippen molar-refractivity contribution in [1.29, 1.82) is 0 Å². The number of carbonyl (C=O) groups excluding carboxylic acids is 1. The number of nitrogens with zero attached hydrogens (tertiary/aromatic N) is 1. The number of hydrazone groups is 1. The van der Waals surface area contributed by atoms with Crippen LogP contribution in [0, 0.1) is 13.8 Å². The molecule has 0 saturated heterocycles. The summed E-state index contributed by atoms with van der Waals surface area (Å²) in [5, 5.41) is 7.16. The van der Waals surface area contributed by atoms with Gasteiger partial charge in [-0.2, -0.15) is 5.10 Å². The van der Waals surface area contributed by atoms with E-state index in [-0.39, 0.29) is 5.91 Å². The molecule has 0 radical (unpaired) electrons. The number of carbonyl (C=O) groups is 1. The average molecular weight is 299 g/mol. The molecule has 2 aromatic rings.